The third-order valence-electron chi connectivity index (χ3n) is 4.26. The van der Waals surface area contributed by atoms with Crippen molar-refractivity contribution in [2.45, 2.75) is 4.90 Å². The average molecular weight is 463 g/mol. The zero-order valence-electron chi connectivity index (χ0n) is 16.2. The lowest BCUT2D eigenvalue weighted by molar-refractivity contribution is -0.384. The van der Waals surface area contributed by atoms with E-state index in [4.69, 9.17) is 0 Å². The van der Waals surface area contributed by atoms with Gasteiger partial charge in [0.2, 0.25) is 0 Å². The number of benzene rings is 1. The molecule has 3 rings (SSSR count). The summed E-state index contributed by atoms with van der Waals surface area (Å²) in [6.07, 6.45) is 0.962. The molecule has 2 aromatic heterocycles. The van der Waals surface area contributed by atoms with Gasteiger partial charge in [0.1, 0.15) is 11.3 Å². The summed E-state index contributed by atoms with van der Waals surface area (Å²) in [6.45, 7) is 0.200. The Morgan fingerprint density at radius 3 is 2.58 bits per heavy atom. The zero-order chi connectivity index (χ0) is 22.6. The molecule has 0 atom stereocenters. The number of pyridine rings is 1. The molecule has 3 N–H and O–H groups in total. The first-order chi connectivity index (χ1) is 14.7. The molecule has 0 saturated carbocycles. The van der Waals surface area contributed by atoms with Gasteiger partial charge in [-0.2, -0.15) is 0 Å². The fourth-order valence-electron chi connectivity index (χ4n) is 2.74. The molecule has 12 heteroatoms. The average Bonchev–Trinajstić information content (AvgIpc) is 3.25. The number of aromatic nitrogens is 1. The molecule has 0 fully saturated rings. The standard InChI is InChI=1S/C19H18N4O6S2/c1-31(28,29)12-4-6-14(16(11-12)23(26)27)20-8-9-21-18(24)13-5-7-15(22-19(13)25)17-3-2-10-30-17/h2-7,10-11,20H,8-9H2,1H3,(H,21,24)(H,22,25). The number of aromatic amines is 1. The fourth-order valence-corrected chi connectivity index (χ4v) is 4.09. The van der Waals surface area contributed by atoms with Crippen LogP contribution in [-0.2, 0) is 9.84 Å². The second-order valence-electron chi connectivity index (χ2n) is 6.48. The number of nitro groups is 1. The summed E-state index contributed by atoms with van der Waals surface area (Å²) in [6, 6.07) is 10.3. The maximum Gasteiger partial charge on any atom is 0.293 e. The molecule has 1 amide bonds. The van der Waals surface area contributed by atoms with E-state index in [-0.39, 0.29) is 29.2 Å². The Morgan fingerprint density at radius 1 is 1.19 bits per heavy atom. The molecule has 31 heavy (non-hydrogen) atoms. The molecule has 10 nitrogen and oxygen atoms in total. The number of nitrogens with one attached hydrogen (secondary N) is 3. The molecule has 0 aliphatic carbocycles. The number of thiophene rings is 1. The van der Waals surface area contributed by atoms with Crippen molar-refractivity contribution in [2.75, 3.05) is 24.7 Å². The van der Waals surface area contributed by atoms with Crippen LogP contribution in [0.1, 0.15) is 10.4 Å². The van der Waals surface area contributed by atoms with Gasteiger partial charge in [0.15, 0.2) is 9.84 Å². The fraction of sp³-hybridized carbons (Fsp3) is 0.158. The summed E-state index contributed by atoms with van der Waals surface area (Å²) >= 11 is 1.46. The molecule has 162 valence electrons. The number of hydrogen-bond donors (Lipinski definition) is 3. The molecule has 3 aromatic rings. The first-order valence-electron chi connectivity index (χ1n) is 8.94. The van der Waals surface area contributed by atoms with Gasteiger partial charge < -0.3 is 15.6 Å². The number of carbonyl (C=O) groups is 1. The molecule has 0 bridgehead atoms. The van der Waals surface area contributed by atoms with Crippen LogP contribution in [0.5, 0.6) is 0 Å². The third kappa shape index (κ3) is 5.35. The maximum absolute atomic E-state index is 12.3. The first-order valence-corrected chi connectivity index (χ1v) is 11.7. The van der Waals surface area contributed by atoms with Crippen molar-refractivity contribution in [3.63, 3.8) is 0 Å². The van der Waals surface area contributed by atoms with Crippen LogP contribution in [0.15, 0.2) is 57.5 Å². The highest BCUT2D eigenvalue weighted by Crippen LogP contribution is 2.27. The molecule has 2 heterocycles. The van der Waals surface area contributed by atoms with Crippen LogP contribution in [0.4, 0.5) is 11.4 Å². The number of nitrogens with zero attached hydrogens (tertiary/aromatic N) is 1. The van der Waals surface area contributed by atoms with Gasteiger partial charge in [-0.05, 0) is 35.7 Å². The second-order valence-corrected chi connectivity index (χ2v) is 9.45. The summed E-state index contributed by atoms with van der Waals surface area (Å²) in [5, 5.41) is 18.5. The molecule has 0 unspecified atom stereocenters. The van der Waals surface area contributed by atoms with Gasteiger partial charge in [0.05, 0.1) is 20.4 Å². The Morgan fingerprint density at radius 2 is 1.97 bits per heavy atom. The van der Waals surface area contributed by atoms with Crippen LogP contribution >= 0.6 is 11.3 Å². The van der Waals surface area contributed by atoms with Gasteiger partial charge in [0.25, 0.3) is 17.2 Å². The number of hydrogen-bond acceptors (Lipinski definition) is 8. The van der Waals surface area contributed by atoms with Crippen LogP contribution < -0.4 is 16.2 Å². The Balaban J connectivity index is 1.62. The minimum Gasteiger partial charge on any atom is -0.378 e. The molecular weight excluding hydrogens is 444 g/mol. The van der Waals surface area contributed by atoms with E-state index in [0.29, 0.717) is 5.69 Å². The van der Waals surface area contributed by atoms with Crippen LogP contribution in [0.2, 0.25) is 0 Å². The number of H-pyrrole nitrogens is 1. The predicted molar refractivity (Wildman–Crippen MR) is 117 cm³/mol. The summed E-state index contributed by atoms with van der Waals surface area (Å²) in [5.74, 6) is -0.581. The molecule has 0 aliphatic heterocycles. The Hall–Kier alpha value is -3.51. The van der Waals surface area contributed by atoms with Crippen molar-refractivity contribution in [3.8, 4) is 10.6 Å². The zero-order valence-corrected chi connectivity index (χ0v) is 17.9. The predicted octanol–water partition coefficient (Wildman–Crippen LogP) is 2.26. The van der Waals surface area contributed by atoms with Gasteiger partial charge >= 0.3 is 0 Å². The van der Waals surface area contributed by atoms with Crippen molar-refractivity contribution in [3.05, 3.63) is 73.9 Å². The SMILES string of the molecule is CS(=O)(=O)c1ccc(NCCNC(=O)c2ccc(-c3cccs3)[nH]c2=O)c([N+](=O)[O-])c1. The van der Waals surface area contributed by atoms with Crippen molar-refractivity contribution in [1.82, 2.24) is 10.3 Å². The second kappa shape index (κ2) is 9.10. The Bertz CT molecular complexity index is 1280. The number of anilines is 1. The molecule has 0 spiro atoms. The van der Waals surface area contributed by atoms with E-state index in [1.165, 1.54) is 29.5 Å². The van der Waals surface area contributed by atoms with Crippen LogP contribution in [-0.4, -0.2) is 43.6 Å². The van der Waals surface area contributed by atoms with Gasteiger partial charge in [0, 0.05) is 25.4 Å². The number of nitro benzene ring substituents is 1. The van der Waals surface area contributed by atoms with Gasteiger partial charge in [-0.25, -0.2) is 8.42 Å². The van der Waals surface area contributed by atoms with Crippen molar-refractivity contribution in [2.24, 2.45) is 0 Å². The molecule has 0 radical (unpaired) electrons. The van der Waals surface area contributed by atoms with Crippen molar-refractivity contribution < 1.29 is 18.1 Å². The van der Waals surface area contributed by atoms with Gasteiger partial charge in [-0.1, -0.05) is 6.07 Å². The quantitative estimate of drug-likeness (QED) is 0.264. The number of sulfone groups is 1. The molecular formula is C19H18N4O6S2. The van der Waals surface area contributed by atoms with Crippen molar-refractivity contribution in [1.29, 1.82) is 0 Å². The first kappa shape index (κ1) is 22.2. The van der Waals surface area contributed by atoms with Crippen molar-refractivity contribution >= 4 is 38.5 Å². The maximum atomic E-state index is 12.3. The van der Waals surface area contributed by atoms with Gasteiger partial charge in [-0.3, -0.25) is 19.7 Å². The lowest BCUT2D eigenvalue weighted by atomic mass is 10.2. The Labute approximate surface area is 181 Å². The number of rotatable bonds is 8. The normalized spacial score (nSPS) is 11.1. The lowest BCUT2D eigenvalue weighted by Gasteiger charge is -2.09. The van der Waals surface area contributed by atoms with E-state index in [2.05, 4.69) is 15.6 Å². The van der Waals surface area contributed by atoms with E-state index in [9.17, 15) is 28.1 Å². The lowest BCUT2D eigenvalue weighted by Crippen LogP contribution is -2.32. The highest BCUT2D eigenvalue weighted by atomic mass is 32.2. The summed E-state index contributed by atoms with van der Waals surface area (Å²) < 4.78 is 23.2. The van der Waals surface area contributed by atoms with E-state index in [1.807, 2.05) is 17.5 Å². The van der Waals surface area contributed by atoms with Crippen LogP contribution in [0, 0.1) is 10.1 Å². The van der Waals surface area contributed by atoms with Gasteiger partial charge in [-0.15, -0.1) is 11.3 Å². The number of carbonyl (C=O) groups excluding carboxylic acids is 1. The Kier molecular flexibility index (Phi) is 6.51. The molecule has 0 aliphatic rings. The van der Waals surface area contributed by atoms with E-state index >= 15 is 0 Å². The summed E-state index contributed by atoms with van der Waals surface area (Å²) in [7, 11) is -3.59. The molecule has 0 saturated heterocycles. The highest BCUT2D eigenvalue weighted by molar-refractivity contribution is 7.90. The van der Waals surface area contributed by atoms with Crippen LogP contribution in [0.25, 0.3) is 10.6 Å². The topological polar surface area (TPSA) is 151 Å². The highest BCUT2D eigenvalue weighted by Gasteiger charge is 2.18. The largest absolute Gasteiger partial charge is 0.378 e. The summed E-state index contributed by atoms with van der Waals surface area (Å²) in [4.78, 5) is 38.4. The minimum absolute atomic E-state index is 0.0520. The van der Waals surface area contributed by atoms with Crippen LogP contribution in [0.3, 0.4) is 0 Å². The third-order valence-corrected chi connectivity index (χ3v) is 6.27. The van der Waals surface area contributed by atoms with E-state index < -0.39 is 31.9 Å². The molecule has 1 aromatic carbocycles. The van der Waals surface area contributed by atoms with E-state index in [0.717, 1.165) is 17.2 Å². The monoisotopic (exact) mass is 462 g/mol. The number of amides is 1. The smallest absolute Gasteiger partial charge is 0.293 e. The van der Waals surface area contributed by atoms with E-state index in [1.54, 1.807) is 6.07 Å². The minimum atomic E-state index is -3.59. The summed E-state index contributed by atoms with van der Waals surface area (Å²) in [5.41, 5.74) is -0.241.